The molecule has 0 aliphatic heterocycles. The summed E-state index contributed by atoms with van der Waals surface area (Å²) in [5.74, 6) is -0.276. The molecule has 1 rings (SSSR count). The van der Waals surface area contributed by atoms with Crippen molar-refractivity contribution < 1.29 is 9.59 Å². The molecular weight excluding hydrogens is 228 g/mol. The second-order valence-corrected chi connectivity index (χ2v) is 4.75. The summed E-state index contributed by atoms with van der Waals surface area (Å²) in [7, 11) is 0. The fourth-order valence-corrected chi connectivity index (χ4v) is 1.52. The van der Waals surface area contributed by atoms with Gasteiger partial charge in [0.05, 0.1) is 11.4 Å². The summed E-state index contributed by atoms with van der Waals surface area (Å²) >= 11 is 0. The van der Waals surface area contributed by atoms with Crippen molar-refractivity contribution in [2.75, 3.05) is 0 Å². The maximum Gasteiger partial charge on any atom is 0.203 e. The first kappa shape index (κ1) is 14.5. The van der Waals surface area contributed by atoms with Crippen LogP contribution in [0.4, 0.5) is 0 Å². The molecule has 4 heteroatoms. The van der Waals surface area contributed by atoms with E-state index >= 15 is 0 Å². The number of nitrogens with one attached hydrogen (secondary N) is 2. The van der Waals surface area contributed by atoms with Crippen LogP contribution in [0.1, 0.15) is 40.5 Å². The van der Waals surface area contributed by atoms with Crippen molar-refractivity contribution in [3.8, 4) is 0 Å². The molecule has 0 amide bonds. The number of carbonyl (C=O) groups is 2. The summed E-state index contributed by atoms with van der Waals surface area (Å²) in [5, 5.41) is 6.11. The van der Waals surface area contributed by atoms with Crippen LogP contribution in [0.3, 0.4) is 0 Å². The van der Waals surface area contributed by atoms with Crippen LogP contribution in [-0.2, 0) is 9.59 Å². The van der Waals surface area contributed by atoms with E-state index in [1.165, 1.54) is 12.2 Å². The number of ketones is 2. The summed E-state index contributed by atoms with van der Waals surface area (Å²) in [6.07, 6.45) is 4.58. The summed E-state index contributed by atoms with van der Waals surface area (Å²) < 4.78 is 0. The molecule has 0 bridgehead atoms. The highest BCUT2D eigenvalue weighted by molar-refractivity contribution is 6.19. The minimum absolute atomic E-state index is 0.138. The Hall–Kier alpha value is -1.58. The van der Waals surface area contributed by atoms with E-state index in [9.17, 15) is 9.59 Å². The first-order valence-electron chi connectivity index (χ1n) is 6.53. The first-order chi connectivity index (χ1) is 8.47. The summed E-state index contributed by atoms with van der Waals surface area (Å²) in [5.41, 5.74) is 0.785. The van der Waals surface area contributed by atoms with E-state index in [0.717, 1.165) is 12.8 Å². The van der Waals surface area contributed by atoms with Gasteiger partial charge in [0, 0.05) is 24.2 Å². The lowest BCUT2D eigenvalue weighted by Gasteiger charge is -2.20. The highest BCUT2D eigenvalue weighted by Crippen LogP contribution is 2.10. The predicted octanol–water partition coefficient (Wildman–Crippen LogP) is 1.68. The molecule has 18 heavy (non-hydrogen) atoms. The Bertz CT molecular complexity index is 359. The zero-order valence-electron chi connectivity index (χ0n) is 11.5. The van der Waals surface area contributed by atoms with Crippen LogP contribution < -0.4 is 10.6 Å². The molecule has 0 aromatic rings. The topological polar surface area (TPSA) is 58.2 Å². The Morgan fingerprint density at radius 2 is 1.22 bits per heavy atom. The number of carbonyl (C=O) groups excluding carboxylic acids is 2. The normalized spacial score (nSPS) is 18.9. The van der Waals surface area contributed by atoms with Crippen LogP contribution in [-0.4, -0.2) is 23.7 Å². The van der Waals surface area contributed by atoms with Crippen LogP contribution in [0.15, 0.2) is 23.5 Å². The van der Waals surface area contributed by atoms with Gasteiger partial charge in [0.2, 0.25) is 11.6 Å². The fraction of sp³-hybridized carbons (Fsp3) is 0.571. The maximum atomic E-state index is 11.9. The Morgan fingerprint density at radius 3 is 1.50 bits per heavy atom. The summed E-state index contributed by atoms with van der Waals surface area (Å²) in [4.78, 5) is 23.7. The molecule has 0 aromatic carbocycles. The van der Waals surface area contributed by atoms with Crippen LogP contribution >= 0.6 is 0 Å². The van der Waals surface area contributed by atoms with Gasteiger partial charge >= 0.3 is 0 Å². The summed E-state index contributed by atoms with van der Waals surface area (Å²) in [6, 6.07) is 0.371. The van der Waals surface area contributed by atoms with Crippen molar-refractivity contribution in [1.29, 1.82) is 0 Å². The minimum atomic E-state index is -0.138. The molecule has 2 N–H and O–H groups in total. The lowest BCUT2D eigenvalue weighted by molar-refractivity contribution is -0.115. The third kappa shape index (κ3) is 3.72. The molecule has 1 aliphatic rings. The third-order valence-electron chi connectivity index (χ3n) is 3.11. The molecule has 0 saturated carbocycles. The van der Waals surface area contributed by atoms with Gasteiger partial charge < -0.3 is 10.6 Å². The number of hydrogen-bond donors (Lipinski definition) is 2. The highest BCUT2D eigenvalue weighted by atomic mass is 16.1. The molecule has 100 valence electrons. The largest absolute Gasteiger partial charge is 0.379 e. The molecule has 0 fully saturated rings. The predicted molar refractivity (Wildman–Crippen MR) is 72.0 cm³/mol. The van der Waals surface area contributed by atoms with Crippen molar-refractivity contribution in [1.82, 2.24) is 10.6 Å². The second-order valence-electron chi connectivity index (χ2n) is 4.75. The molecule has 0 heterocycles. The maximum absolute atomic E-state index is 11.9. The second kappa shape index (κ2) is 6.38. The van der Waals surface area contributed by atoms with Gasteiger partial charge in [-0.3, -0.25) is 9.59 Å². The van der Waals surface area contributed by atoms with Gasteiger partial charge in [0.15, 0.2) is 0 Å². The van der Waals surface area contributed by atoms with Gasteiger partial charge in [-0.15, -0.1) is 0 Å². The van der Waals surface area contributed by atoms with Crippen LogP contribution in [0.25, 0.3) is 0 Å². The Morgan fingerprint density at radius 1 is 0.889 bits per heavy atom. The molecule has 0 saturated heterocycles. The molecular formula is C14H22N2O2. The van der Waals surface area contributed by atoms with Crippen LogP contribution in [0, 0.1) is 0 Å². The van der Waals surface area contributed by atoms with Gasteiger partial charge in [-0.05, 0) is 26.7 Å². The van der Waals surface area contributed by atoms with Crippen molar-refractivity contribution in [3.05, 3.63) is 23.5 Å². The molecule has 4 nitrogen and oxygen atoms in total. The molecule has 0 spiro atoms. The van der Waals surface area contributed by atoms with E-state index in [0.29, 0.717) is 11.4 Å². The van der Waals surface area contributed by atoms with Crippen LogP contribution in [0.5, 0.6) is 0 Å². The number of rotatable bonds is 6. The standard InChI is InChI=1S/C14H22N2O2/c1-5-9(3)15-11-7-14(18)12(8-13(11)17)16-10(4)6-2/h7-10,15-16H,5-6H2,1-4H3. The van der Waals surface area contributed by atoms with E-state index < -0.39 is 0 Å². The van der Waals surface area contributed by atoms with Gasteiger partial charge in [-0.1, -0.05) is 13.8 Å². The molecule has 2 atom stereocenters. The lowest BCUT2D eigenvalue weighted by Crippen LogP contribution is -2.35. The Balaban J connectivity index is 2.74. The fourth-order valence-electron chi connectivity index (χ4n) is 1.52. The number of hydrogen-bond acceptors (Lipinski definition) is 4. The van der Waals surface area contributed by atoms with Gasteiger partial charge in [0.25, 0.3) is 0 Å². The minimum Gasteiger partial charge on any atom is -0.379 e. The summed E-state index contributed by atoms with van der Waals surface area (Å²) in [6.45, 7) is 8.02. The van der Waals surface area contributed by atoms with Crippen molar-refractivity contribution in [3.63, 3.8) is 0 Å². The zero-order valence-corrected chi connectivity index (χ0v) is 11.5. The average molecular weight is 250 g/mol. The van der Waals surface area contributed by atoms with E-state index in [2.05, 4.69) is 10.6 Å². The lowest BCUT2D eigenvalue weighted by atomic mass is 10.0. The molecule has 1 aliphatic carbocycles. The van der Waals surface area contributed by atoms with Crippen molar-refractivity contribution in [2.24, 2.45) is 0 Å². The zero-order chi connectivity index (χ0) is 13.7. The average Bonchev–Trinajstić information content (AvgIpc) is 2.34. The quantitative estimate of drug-likeness (QED) is 0.704. The first-order valence-corrected chi connectivity index (χ1v) is 6.53. The van der Waals surface area contributed by atoms with E-state index in [4.69, 9.17) is 0 Å². The third-order valence-corrected chi connectivity index (χ3v) is 3.11. The molecule has 0 aromatic heterocycles. The van der Waals surface area contributed by atoms with E-state index in [-0.39, 0.29) is 23.7 Å². The SMILES string of the molecule is CCC(C)NC1=CC(=O)C(NC(C)CC)=CC1=O. The van der Waals surface area contributed by atoms with E-state index in [1.807, 2.05) is 27.7 Å². The van der Waals surface area contributed by atoms with Gasteiger partial charge in [0.1, 0.15) is 0 Å². The molecule has 0 radical (unpaired) electrons. The number of allylic oxidation sites excluding steroid dienone is 2. The Kier molecular flexibility index (Phi) is 5.13. The monoisotopic (exact) mass is 250 g/mol. The van der Waals surface area contributed by atoms with E-state index in [1.54, 1.807) is 0 Å². The highest BCUT2D eigenvalue weighted by Gasteiger charge is 2.21. The smallest absolute Gasteiger partial charge is 0.203 e. The van der Waals surface area contributed by atoms with Crippen LogP contribution in [0.2, 0.25) is 0 Å². The molecule has 2 unspecified atom stereocenters. The van der Waals surface area contributed by atoms with Crippen molar-refractivity contribution in [2.45, 2.75) is 52.6 Å². The van der Waals surface area contributed by atoms with Gasteiger partial charge in [-0.25, -0.2) is 0 Å². The van der Waals surface area contributed by atoms with Crippen molar-refractivity contribution >= 4 is 11.6 Å². The Labute approximate surface area is 109 Å². The van der Waals surface area contributed by atoms with Gasteiger partial charge in [-0.2, -0.15) is 0 Å².